The zero-order valence-electron chi connectivity index (χ0n) is 24.0. The van der Waals surface area contributed by atoms with E-state index < -0.39 is 5.60 Å². The second-order valence-electron chi connectivity index (χ2n) is 11.1. The van der Waals surface area contributed by atoms with E-state index in [1.54, 1.807) is 0 Å². The maximum absolute atomic E-state index is 13.6. The monoisotopic (exact) mass is 553 g/mol. The van der Waals surface area contributed by atoms with E-state index in [1.807, 2.05) is 65.4 Å². The Labute approximate surface area is 242 Å². The van der Waals surface area contributed by atoms with Gasteiger partial charge >= 0.3 is 5.97 Å². The van der Waals surface area contributed by atoms with Crippen LogP contribution in [0.1, 0.15) is 45.0 Å². The van der Waals surface area contributed by atoms with Gasteiger partial charge in [0.1, 0.15) is 0 Å². The third-order valence-corrected chi connectivity index (χ3v) is 8.12. The fraction of sp³-hybridized carbons (Fsp3) is 0.265. The van der Waals surface area contributed by atoms with E-state index in [0.717, 1.165) is 39.3 Å². The summed E-state index contributed by atoms with van der Waals surface area (Å²) < 4.78 is 6.49. The Bertz CT molecular complexity index is 1500. The molecule has 4 aromatic carbocycles. The second-order valence-corrected chi connectivity index (χ2v) is 11.5. The molecule has 2 atom stereocenters. The van der Waals surface area contributed by atoms with Crippen LogP contribution in [0, 0.1) is 0 Å². The van der Waals surface area contributed by atoms with Crippen molar-refractivity contribution in [3.05, 3.63) is 124 Å². The van der Waals surface area contributed by atoms with Gasteiger partial charge in [-0.15, -0.1) is 0 Å². The van der Waals surface area contributed by atoms with Gasteiger partial charge in [0.2, 0.25) is 0 Å². The van der Waals surface area contributed by atoms with Crippen molar-refractivity contribution in [2.75, 3.05) is 57.0 Å². The molecular formula is C34H36ClN3O2. The predicted molar refractivity (Wildman–Crippen MR) is 166 cm³/mol. The number of carbonyl (C=O) groups is 1. The van der Waals surface area contributed by atoms with Crippen LogP contribution < -0.4 is 14.7 Å². The minimum absolute atomic E-state index is 0.0609. The zero-order valence-corrected chi connectivity index (χ0v) is 24.7. The first kappa shape index (κ1) is 27.6. The van der Waals surface area contributed by atoms with Crippen molar-refractivity contribution in [3.8, 4) is 0 Å². The van der Waals surface area contributed by atoms with Crippen LogP contribution >= 0.6 is 11.6 Å². The summed E-state index contributed by atoms with van der Waals surface area (Å²) in [5, 5.41) is 0.688. The molecule has 4 aromatic rings. The average Bonchev–Trinajstić information content (AvgIpc) is 3.24. The minimum Gasteiger partial charge on any atom is -0.446 e. The fourth-order valence-corrected chi connectivity index (χ4v) is 5.65. The first-order valence-corrected chi connectivity index (χ1v) is 13.8. The summed E-state index contributed by atoms with van der Waals surface area (Å²) in [5.74, 6) is -0.359. The third-order valence-electron chi connectivity index (χ3n) is 7.87. The van der Waals surface area contributed by atoms with E-state index in [4.69, 9.17) is 16.3 Å². The van der Waals surface area contributed by atoms with E-state index in [2.05, 4.69) is 82.6 Å². The molecule has 0 radical (unpaired) electrons. The number of nitrogens with zero attached hydrogens (tertiary/aromatic N) is 3. The number of fused-ring (bicyclic) bond motifs is 1. The number of esters is 1. The lowest BCUT2D eigenvalue weighted by Crippen LogP contribution is -2.31. The molecule has 0 spiro atoms. The summed E-state index contributed by atoms with van der Waals surface area (Å²) in [6, 6.07) is 31.0. The molecule has 0 saturated heterocycles. The van der Waals surface area contributed by atoms with Crippen molar-refractivity contribution in [1.29, 1.82) is 0 Å². The van der Waals surface area contributed by atoms with Gasteiger partial charge in [-0.05, 0) is 59.7 Å². The number of hydrogen-bond donors (Lipinski definition) is 0. The summed E-state index contributed by atoms with van der Waals surface area (Å²) in [7, 11) is 12.1. The first-order chi connectivity index (χ1) is 19.1. The van der Waals surface area contributed by atoms with Crippen LogP contribution in [0.2, 0.25) is 5.02 Å². The SMILES string of the molecule is CN(C)c1ccc(C(CC2(c3ccc(N(C)C)cc3)OC(=O)c3cc(N(C)C)ccc32)c2ccc(Cl)cc2)cc1. The molecule has 0 amide bonds. The van der Waals surface area contributed by atoms with Crippen LogP contribution in [0.15, 0.2) is 91.0 Å². The molecule has 1 aliphatic rings. The lowest BCUT2D eigenvalue weighted by atomic mass is 9.74. The largest absolute Gasteiger partial charge is 0.446 e. The van der Waals surface area contributed by atoms with Crippen molar-refractivity contribution in [2.24, 2.45) is 0 Å². The second kappa shape index (κ2) is 10.9. The Morgan fingerprint density at radius 1 is 0.675 bits per heavy atom. The lowest BCUT2D eigenvalue weighted by molar-refractivity contribution is 0.00559. The van der Waals surface area contributed by atoms with Gasteiger partial charge < -0.3 is 19.4 Å². The highest BCUT2D eigenvalue weighted by atomic mass is 35.5. The molecule has 5 nitrogen and oxygen atoms in total. The maximum Gasteiger partial charge on any atom is 0.339 e. The number of rotatable bonds is 8. The molecule has 1 aliphatic heterocycles. The van der Waals surface area contributed by atoms with Crippen LogP contribution in [0.5, 0.6) is 0 Å². The van der Waals surface area contributed by atoms with E-state index in [0.29, 0.717) is 17.0 Å². The van der Waals surface area contributed by atoms with Crippen LogP contribution in [0.25, 0.3) is 0 Å². The summed E-state index contributed by atoms with van der Waals surface area (Å²) in [4.78, 5) is 19.7. The van der Waals surface area contributed by atoms with Gasteiger partial charge in [0, 0.05) is 87.8 Å². The Morgan fingerprint density at radius 3 is 1.68 bits per heavy atom. The number of anilines is 3. The van der Waals surface area contributed by atoms with Gasteiger partial charge in [-0.3, -0.25) is 0 Å². The van der Waals surface area contributed by atoms with Crippen LogP contribution in [0.3, 0.4) is 0 Å². The molecule has 1 heterocycles. The van der Waals surface area contributed by atoms with Gasteiger partial charge in [-0.2, -0.15) is 0 Å². The summed E-state index contributed by atoms with van der Waals surface area (Å²) in [5.41, 5.74) is 6.92. The van der Waals surface area contributed by atoms with Crippen molar-refractivity contribution in [1.82, 2.24) is 0 Å². The summed E-state index contributed by atoms with van der Waals surface area (Å²) in [6.45, 7) is 0. The highest BCUT2D eigenvalue weighted by Gasteiger charge is 2.49. The van der Waals surface area contributed by atoms with Gasteiger partial charge in [-0.25, -0.2) is 4.79 Å². The van der Waals surface area contributed by atoms with Gasteiger partial charge in [0.15, 0.2) is 5.60 Å². The predicted octanol–water partition coefficient (Wildman–Crippen LogP) is 7.17. The number of halogens is 1. The number of hydrogen-bond acceptors (Lipinski definition) is 5. The van der Waals surface area contributed by atoms with E-state index in [-0.39, 0.29) is 11.9 Å². The first-order valence-electron chi connectivity index (χ1n) is 13.4. The normalized spacial score (nSPS) is 16.7. The molecule has 0 fully saturated rings. The van der Waals surface area contributed by atoms with Crippen molar-refractivity contribution < 1.29 is 9.53 Å². The molecule has 40 heavy (non-hydrogen) atoms. The zero-order chi connectivity index (χ0) is 28.6. The Morgan fingerprint density at radius 2 is 1.15 bits per heavy atom. The topological polar surface area (TPSA) is 36.0 Å². The average molecular weight is 554 g/mol. The Hall–Kier alpha value is -3.96. The highest BCUT2D eigenvalue weighted by molar-refractivity contribution is 6.30. The van der Waals surface area contributed by atoms with Crippen LogP contribution in [-0.2, 0) is 10.3 Å². The van der Waals surface area contributed by atoms with Crippen LogP contribution in [0.4, 0.5) is 17.1 Å². The third kappa shape index (κ3) is 5.14. The molecule has 6 heteroatoms. The number of benzene rings is 4. The van der Waals surface area contributed by atoms with E-state index in [9.17, 15) is 4.79 Å². The van der Waals surface area contributed by atoms with Crippen molar-refractivity contribution in [2.45, 2.75) is 17.9 Å². The minimum atomic E-state index is -0.966. The highest BCUT2D eigenvalue weighted by Crippen LogP contribution is 2.50. The molecule has 206 valence electrons. The van der Waals surface area contributed by atoms with Crippen LogP contribution in [-0.4, -0.2) is 48.3 Å². The smallest absolute Gasteiger partial charge is 0.339 e. The molecular weight excluding hydrogens is 518 g/mol. The molecule has 0 saturated carbocycles. The Kier molecular flexibility index (Phi) is 7.52. The van der Waals surface area contributed by atoms with E-state index in [1.165, 1.54) is 0 Å². The Balaban J connectivity index is 1.70. The van der Waals surface area contributed by atoms with Crippen molar-refractivity contribution in [3.63, 3.8) is 0 Å². The molecule has 0 N–H and O–H groups in total. The van der Waals surface area contributed by atoms with Gasteiger partial charge in [0.05, 0.1) is 5.56 Å². The summed E-state index contributed by atoms with van der Waals surface area (Å²) in [6.07, 6.45) is 0.539. The quantitative estimate of drug-likeness (QED) is 0.216. The molecule has 0 bridgehead atoms. The number of ether oxygens (including phenoxy) is 1. The maximum atomic E-state index is 13.6. The molecule has 5 rings (SSSR count). The van der Waals surface area contributed by atoms with Crippen molar-refractivity contribution >= 4 is 34.6 Å². The fourth-order valence-electron chi connectivity index (χ4n) is 5.53. The summed E-state index contributed by atoms with van der Waals surface area (Å²) >= 11 is 6.30. The van der Waals surface area contributed by atoms with Gasteiger partial charge in [0.25, 0.3) is 0 Å². The number of carbonyl (C=O) groups excluding carboxylic acids is 1. The molecule has 2 unspecified atom stereocenters. The van der Waals surface area contributed by atoms with E-state index >= 15 is 0 Å². The number of cyclic esters (lactones) is 1. The molecule has 0 aromatic heterocycles. The molecule has 0 aliphatic carbocycles. The lowest BCUT2D eigenvalue weighted by Gasteiger charge is -2.34. The standard InChI is InChI=1S/C34H36ClN3O2/c1-36(2)27-15-9-24(10-16-27)31(23-7-13-26(35)14-8-23)22-34(25-11-17-28(18-12-25)37(3)4)32-20-19-29(38(5)6)21-30(32)33(39)40-34/h7-21,31H,22H2,1-6H3. The van der Waals surface area contributed by atoms with Gasteiger partial charge in [-0.1, -0.05) is 54.1 Å².